The van der Waals surface area contributed by atoms with Gasteiger partial charge in [-0.1, -0.05) is 6.92 Å². The van der Waals surface area contributed by atoms with E-state index in [-0.39, 0.29) is 38.3 Å². The van der Waals surface area contributed by atoms with Crippen molar-refractivity contribution in [3.63, 3.8) is 0 Å². The van der Waals surface area contributed by atoms with Gasteiger partial charge in [0.05, 0.1) is 31.6 Å². The fourth-order valence-corrected chi connectivity index (χ4v) is 2.86. The van der Waals surface area contributed by atoms with Gasteiger partial charge in [0.15, 0.2) is 0 Å². The largest absolute Gasteiger partial charge is 0.395 e. The van der Waals surface area contributed by atoms with E-state index < -0.39 is 0 Å². The van der Waals surface area contributed by atoms with Crippen molar-refractivity contribution in [2.45, 2.75) is 39.8 Å². The molecule has 0 aliphatic rings. The van der Waals surface area contributed by atoms with Gasteiger partial charge in [0.1, 0.15) is 5.69 Å². The van der Waals surface area contributed by atoms with Gasteiger partial charge in [0.25, 0.3) is 5.91 Å². The van der Waals surface area contributed by atoms with Crippen molar-refractivity contribution in [3.05, 3.63) is 28.7 Å². The van der Waals surface area contributed by atoms with E-state index in [1.807, 2.05) is 13.8 Å². The SMILES string of the molecule is CC[C@@H](CO)Nc1ncc(CO)c(-c2c(C)[nH]c(C(=O)NCCO)c2C)n1. The van der Waals surface area contributed by atoms with Crippen LogP contribution in [0.2, 0.25) is 0 Å². The van der Waals surface area contributed by atoms with Crippen LogP contribution in [0.25, 0.3) is 11.3 Å². The first-order valence-corrected chi connectivity index (χ1v) is 8.89. The average molecular weight is 377 g/mol. The number of nitrogens with zero attached hydrogens (tertiary/aromatic N) is 2. The number of hydrogen-bond donors (Lipinski definition) is 6. The normalized spacial score (nSPS) is 12.1. The van der Waals surface area contributed by atoms with Gasteiger partial charge >= 0.3 is 0 Å². The third-order valence-corrected chi connectivity index (χ3v) is 4.38. The Morgan fingerprint density at radius 3 is 2.63 bits per heavy atom. The summed E-state index contributed by atoms with van der Waals surface area (Å²) < 4.78 is 0. The molecule has 148 valence electrons. The Morgan fingerprint density at radius 2 is 2.04 bits per heavy atom. The molecule has 0 bridgehead atoms. The minimum Gasteiger partial charge on any atom is -0.395 e. The van der Waals surface area contributed by atoms with Crippen LogP contribution in [-0.2, 0) is 6.61 Å². The summed E-state index contributed by atoms with van der Waals surface area (Å²) in [6, 6.07) is -0.175. The van der Waals surface area contributed by atoms with Gasteiger partial charge in [-0.05, 0) is 25.8 Å². The summed E-state index contributed by atoms with van der Waals surface area (Å²) in [7, 11) is 0. The standard InChI is InChI=1S/C18H27N5O4/c1-4-13(9-26)22-18-20-7-12(8-25)16(23-18)14-10(2)15(21-11(14)3)17(27)19-5-6-24/h7,13,21,24-26H,4-6,8-9H2,1-3H3,(H,19,27)(H,20,22,23)/t13-/m0/s1. The van der Waals surface area contributed by atoms with Gasteiger partial charge in [-0.2, -0.15) is 0 Å². The van der Waals surface area contributed by atoms with Crippen LogP contribution in [-0.4, -0.2) is 62.0 Å². The van der Waals surface area contributed by atoms with Crippen LogP contribution in [0.3, 0.4) is 0 Å². The maximum Gasteiger partial charge on any atom is 0.268 e. The second-order valence-corrected chi connectivity index (χ2v) is 6.26. The summed E-state index contributed by atoms with van der Waals surface area (Å²) in [5.74, 6) is 0.0227. The minimum absolute atomic E-state index is 0.0473. The van der Waals surface area contributed by atoms with Crippen LogP contribution in [0.15, 0.2) is 6.20 Å². The number of aromatic amines is 1. The van der Waals surface area contributed by atoms with Gasteiger partial charge in [0.2, 0.25) is 5.95 Å². The van der Waals surface area contributed by atoms with Gasteiger partial charge in [-0.15, -0.1) is 0 Å². The Bertz CT molecular complexity index is 786. The molecule has 1 atom stereocenters. The number of carbonyl (C=O) groups excluding carboxylic acids is 1. The Balaban J connectivity index is 2.47. The van der Waals surface area contributed by atoms with Crippen LogP contribution in [0, 0.1) is 13.8 Å². The lowest BCUT2D eigenvalue weighted by Gasteiger charge is -2.16. The molecular weight excluding hydrogens is 350 g/mol. The molecule has 0 unspecified atom stereocenters. The van der Waals surface area contributed by atoms with E-state index in [9.17, 15) is 15.0 Å². The van der Waals surface area contributed by atoms with Crippen LogP contribution < -0.4 is 10.6 Å². The molecule has 0 aliphatic heterocycles. The fraction of sp³-hybridized carbons (Fsp3) is 0.500. The van der Waals surface area contributed by atoms with Gasteiger partial charge < -0.3 is 30.9 Å². The summed E-state index contributed by atoms with van der Waals surface area (Å²) in [6.45, 7) is 5.28. The van der Waals surface area contributed by atoms with Crippen LogP contribution in [0.1, 0.15) is 40.7 Å². The molecule has 2 heterocycles. The number of anilines is 1. The van der Waals surface area contributed by atoms with Crippen LogP contribution in [0.5, 0.6) is 0 Å². The summed E-state index contributed by atoms with van der Waals surface area (Å²) in [5, 5.41) is 33.6. The fourth-order valence-electron chi connectivity index (χ4n) is 2.86. The number of aromatic nitrogens is 3. The first kappa shape index (κ1) is 20.8. The smallest absolute Gasteiger partial charge is 0.268 e. The molecule has 6 N–H and O–H groups in total. The molecule has 27 heavy (non-hydrogen) atoms. The van der Waals surface area contributed by atoms with Crippen LogP contribution >= 0.6 is 0 Å². The lowest BCUT2D eigenvalue weighted by molar-refractivity contribution is 0.0939. The molecule has 0 aliphatic carbocycles. The first-order chi connectivity index (χ1) is 13.0. The first-order valence-electron chi connectivity index (χ1n) is 8.89. The van der Waals surface area contributed by atoms with Crippen molar-refractivity contribution in [1.82, 2.24) is 20.3 Å². The third-order valence-electron chi connectivity index (χ3n) is 4.38. The number of rotatable bonds is 9. The number of aryl methyl sites for hydroxylation is 1. The summed E-state index contributed by atoms with van der Waals surface area (Å²) in [4.78, 5) is 24.1. The molecular formula is C18H27N5O4. The number of aliphatic hydroxyl groups excluding tert-OH is 3. The van der Waals surface area contributed by atoms with E-state index in [2.05, 4.69) is 25.6 Å². The quantitative estimate of drug-likeness (QED) is 0.373. The topological polar surface area (TPSA) is 143 Å². The van der Waals surface area contributed by atoms with Crippen LogP contribution in [0.4, 0.5) is 5.95 Å². The Hall–Kier alpha value is -2.49. The van der Waals surface area contributed by atoms with E-state index >= 15 is 0 Å². The van der Waals surface area contributed by atoms with E-state index in [1.54, 1.807) is 6.92 Å². The van der Waals surface area contributed by atoms with Crippen molar-refractivity contribution in [1.29, 1.82) is 0 Å². The molecule has 0 saturated heterocycles. The van der Waals surface area contributed by atoms with E-state index in [4.69, 9.17) is 5.11 Å². The highest BCUT2D eigenvalue weighted by molar-refractivity contribution is 5.96. The van der Waals surface area contributed by atoms with E-state index in [1.165, 1.54) is 6.20 Å². The number of carbonyl (C=O) groups is 1. The lowest BCUT2D eigenvalue weighted by Crippen LogP contribution is -2.27. The molecule has 2 aromatic rings. The number of aliphatic hydroxyl groups is 3. The Kier molecular flexibility index (Phi) is 7.28. The molecule has 9 nitrogen and oxygen atoms in total. The van der Waals surface area contributed by atoms with Gasteiger partial charge in [-0.25, -0.2) is 9.97 Å². The van der Waals surface area contributed by atoms with Crippen molar-refractivity contribution < 1.29 is 20.1 Å². The molecule has 0 radical (unpaired) electrons. The highest BCUT2D eigenvalue weighted by Gasteiger charge is 2.22. The predicted octanol–water partition coefficient (Wildman–Crippen LogP) is 0.486. The molecule has 0 aromatic carbocycles. The number of H-pyrrole nitrogens is 1. The second-order valence-electron chi connectivity index (χ2n) is 6.26. The molecule has 0 spiro atoms. The third kappa shape index (κ3) is 4.62. The number of hydrogen-bond acceptors (Lipinski definition) is 7. The van der Waals surface area contributed by atoms with E-state index in [0.717, 1.165) is 11.3 Å². The maximum atomic E-state index is 12.3. The zero-order chi connectivity index (χ0) is 20.0. The molecule has 2 rings (SSSR count). The zero-order valence-corrected chi connectivity index (χ0v) is 15.8. The molecule has 0 fully saturated rings. The van der Waals surface area contributed by atoms with Crippen molar-refractivity contribution in [2.24, 2.45) is 0 Å². The van der Waals surface area contributed by atoms with E-state index in [0.29, 0.717) is 34.9 Å². The maximum absolute atomic E-state index is 12.3. The zero-order valence-electron chi connectivity index (χ0n) is 15.8. The summed E-state index contributed by atoms with van der Waals surface area (Å²) >= 11 is 0. The molecule has 0 saturated carbocycles. The highest BCUT2D eigenvalue weighted by atomic mass is 16.3. The molecule has 1 amide bonds. The molecule has 2 aromatic heterocycles. The predicted molar refractivity (Wildman–Crippen MR) is 101 cm³/mol. The number of nitrogens with one attached hydrogen (secondary N) is 3. The summed E-state index contributed by atoms with van der Waals surface area (Å²) in [6.07, 6.45) is 2.24. The monoisotopic (exact) mass is 377 g/mol. The van der Waals surface area contributed by atoms with Crippen molar-refractivity contribution in [2.75, 3.05) is 25.1 Å². The van der Waals surface area contributed by atoms with Gasteiger partial charge in [0, 0.05) is 29.6 Å². The average Bonchev–Trinajstić information content (AvgIpc) is 2.98. The Labute approximate surface area is 157 Å². The Morgan fingerprint density at radius 1 is 1.30 bits per heavy atom. The lowest BCUT2D eigenvalue weighted by atomic mass is 10.0. The highest BCUT2D eigenvalue weighted by Crippen LogP contribution is 2.31. The number of amides is 1. The van der Waals surface area contributed by atoms with Gasteiger partial charge in [-0.3, -0.25) is 4.79 Å². The second kappa shape index (κ2) is 9.45. The summed E-state index contributed by atoms with van der Waals surface area (Å²) in [5.41, 5.74) is 3.58. The van der Waals surface area contributed by atoms with Crippen molar-refractivity contribution in [3.8, 4) is 11.3 Å². The molecule has 9 heteroatoms. The minimum atomic E-state index is -0.319. The van der Waals surface area contributed by atoms with Crippen molar-refractivity contribution >= 4 is 11.9 Å².